The summed E-state index contributed by atoms with van der Waals surface area (Å²) in [6.45, 7) is 0. The number of nitrogens with one attached hydrogen (secondary N) is 2. The molecule has 0 radical (unpaired) electrons. The molecular weight excluding hydrogens is 292 g/mol. The minimum Gasteiger partial charge on any atom is -0.331 e. The standard InChI is InChI=1S/C17H20N4S/c1-21(2,3)16-11-9-14(10-12-16)13-18-20-17(22)19-15-7-5-4-6-8-15/h4-13H,1-3H3,(H-,19,20,22)/p+1/b18-13+. The van der Waals surface area contributed by atoms with Crippen LogP contribution >= 0.6 is 12.2 Å². The average molecular weight is 313 g/mol. The zero-order valence-corrected chi connectivity index (χ0v) is 13.9. The molecule has 2 aromatic rings. The summed E-state index contributed by atoms with van der Waals surface area (Å²) in [7, 11) is 6.41. The van der Waals surface area contributed by atoms with Crippen LogP contribution in [-0.2, 0) is 0 Å². The van der Waals surface area contributed by atoms with Crippen molar-refractivity contribution in [1.29, 1.82) is 0 Å². The topological polar surface area (TPSA) is 36.4 Å². The summed E-state index contributed by atoms with van der Waals surface area (Å²) in [5.41, 5.74) is 6.01. The fourth-order valence-corrected chi connectivity index (χ4v) is 2.02. The van der Waals surface area contributed by atoms with Gasteiger partial charge in [0.05, 0.1) is 27.4 Å². The lowest BCUT2D eigenvalue weighted by molar-refractivity contribution is 0.486. The highest BCUT2D eigenvalue weighted by Gasteiger charge is 2.10. The van der Waals surface area contributed by atoms with Gasteiger partial charge in [-0.2, -0.15) is 5.10 Å². The fourth-order valence-electron chi connectivity index (χ4n) is 1.85. The minimum atomic E-state index is 0.463. The largest absolute Gasteiger partial charge is 0.331 e. The summed E-state index contributed by atoms with van der Waals surface area (Å²) in [5.74, 6) is 0. The van der Waals surface area contributed by atoms with Gasteiger partial charge in [0.25, 0.3) is 0 Å². The van der Waals surface area contributed by atoms with E-state index in [9.17, 15) is 0 Å². The van der Waals surface area contributed by atoms with Crippen molar-refractivity contribution in [2.75, 3.05) is 26.5 Å². The van der Waals surface area contributed by atoms with Gasteiger partial charge in [0.15, 0.2) is 5.11 Å². The van der Waals surface area contributed by atoms with Crippen molar-refractivity contribution in [3.63, 3.8) is 0 Å². The SMILES string of the molecule is C[N+](C)(C)c1ccc(/C=N/NC(=S)Nc2ccccc2)cc1. The molecule has 2 aromatic carbocycles. The van der Waals surface area contributed by atoms with Crippen LogP contribution in [0.4, 0.5) is 11.4 Å². The van der Waals surface area contributed by atoms with Crippen molar-refractivity contribution in [3.05, 3.63) is 60.2 Å². The Kier molecular flexibility index (Phi) is 5.25. The number of benzene rings is 2. The van der Waals surface area contributed by atoms with Gasteiger partial charge in [-0.3, -0.25) is 9.91 Å². The molecule has 0 saturated carbocycles. The van der Waals surface area contributed by atoms with Crippen LogP contribution in [0.3, 0.4) is 0 Å². The first kappa shape index (κ1) is 16.1. The van der Waals surface area contributed by atoms with Crippen LogP contribution in [-0.4, -0.2) is 32.5 Å². The molecule has 0 fully saturated rings. The Labute approximate surface area is 137 Å². The molecule has 5 heteroatoms. The van der Waals surface area contributed by atoms with Crippen LogP contribution in [0.25, 0.3) is 0 Å². The van der Waals surface area contributed by atoms with E-state index in [1.54, 1.807) is 6.21 Å². The van der Waals surface area contributed by atoms with E-state index in [4.69, 9.17) is 12.2 Å². The maximum Gasteiger partial charge on any atom is 0.191 e. The highest BCUT2D eigenvalue weighted by molar-refractivity contribution is 7.80. The third kappa shape index (κ3) is 4.95. The molecule has 114 valence electrons. The zero-order chi connectivity index (χ0) is 16.0. The molecular formula is C17H21N4S+. The lowest BCUT2D eigenvalue weighted by atomic mass is 10.2. The Morgan fingerprint density at radius 1 is 1.00 bits per heavy atom. The van der Waals surface area contributed by atoms with E-state index >= 15 is 0 Å². The number of nitrogens with zero attached hydrogens (tertiary/aromatic N) is 2. The number of anilines is 1. The van der Waals surface area contributed by atoms with Crippen molar-refractivity contribution >= 4 is 34.9 Å². The van der Waals surface area contributed by atoms with E-state index in [1.807, 2.05) is 42.5 Å². The molecule has 0 bridgehead atoms. The number of hydrogen-bond donors (Lipinski definition) is 2. The molecule has 0 aliphatic heterocycles. The van der Waals surface area contributed by atoms with Crippen molar-refractivity contribution in [3.8, 4) is 0 Å². The molecule has 2 N–H and O–H groups in total. The maximum absolute atomic E-state index is 5.18. The predicted octanol–water partition coefficient (Wildman–Crippen LogP) is 3.20. The van der Waals surface area contributed by atoms with Crippen molar-refractivity contribution in [1.82, 2.24) is 9.91 Å². The number of quaternary nitrogens is 1. The predicted molar refractivity (Wildman–Crippen MR) is 99.4 cm³/mol. The van der Waals surface area contributed by atoms with E-state index in [0.717, 1.165) is 15.7 Å². The van der Waals surface area contributed by atoms with Gasteiger partial charge in [-0.1, -0.05) is 18.2 Å². The third-order valence-corrected chi connectivity index (χ3v) is 3.27. The molecule has 4 nitrogen and oxygen atoms in total. The van der Waals surface area contributed by atoms with E-state index in [-0.39, 0.29) is 0 Å². The van der Waals surface area contributed by atoms with Gasteiger partial charge in [0.2, 0.25) is 0 Å². The van der Waals surface area contributed by atoms with E-state index in [1.165, 1.54) is 5.69 Å². The summed E-state index contributed by atoms with van der Waals surface area (Å²) < 4.78 is 0.792. The van der Waals surface area contributed by atoms with Gasteiger partial charge in [-0.05, 0) is 54.2 Å². The fraction of sp³-hybridized carbons (Fsp3) is 0.176. The smallest absolute Gasteiger partial charge is 0.191 e. The van der Waals surface area contributed by atoms with Crippen LogP contribution in [0.15, 0.2) is 59.7 Å². The number of thiocarbonyl (C=S) groups is 1. The van der Waals surface area contributed by atoms with Gasteiger partial charge in [0, 0.05) is 5.69 Å². The molecule has 0 aliphatic rings. The van der Waals surface area contributed by atoms with E-state index in [2.05, 4.69) is 49.1 Å². The van der Waals surface area contributed by atoms with Crippen LogP contribution in [0, 0.1) is 0 Å². The van der Waals surface area contributed by atoms with Crippen LogP contribution < -0.4 is 15.2 Å². The highest BCUT2D eigenvalue weighted by Crippen LogP contribution is 2.16. The number of para-hydroxylation sites is 1. The zero-order valence-electron chi connectivity index (χ0n) is 13.1. The van der Waals surface area contributed by atoms with Crippen molar-refractivity contribution in [2.45, 2.75) is 0 Å². The van der Waals surface area contributed by atoms with Gasteiger partial charge in [-0.25, -0.2) is 0 Å². The van der Waals surface area contributed by atoms with Crippen molar-refractivity contribution in [2.24, 2.45) is 5.10 Å². The second-order valence-electron chi connectivity index (χ2n) is 5.79. The Balaban J connectivity index is 1.88. The number of hydrazone groups is 1. The Bertz CT molecular complexity index is 643. The molecule has 0 heterocycles. The summed E-state index contributed by atoms with van der Waals surface area (Å²) >= 11 is 5.18. The molecule has 22 heavy (non-hydrogen) atoms. The van der Waals surface area contributed by atoms with Crippen molar-refractivity contribution < 1.29 is 0 Å². The van der Waals surface area contributed by atoms with E-state index < -0.39 is 0 Å². The Hall–Kier alpha value is -2.24. The summed E-state index contributed by atoms with van der Waals surface area (Å²) in [4.78, 5) is 0. The molecule has 0 unspecified atom stereocenters. The van der Waals surface area contributed by atoms with Gasteiger partial charge in [0.1, 0.15) is 5.69 Å². The highest BCUT2D eigenvalue weighted by atomic mass is 32.1. The summed E-state index contributed by atoms with van der Waals surface area (Å²) in [5, 5.41) is 7.67. The van der Waals surface area contributed by atoms with Gasteiger partial charge in [-0.15, -0.1) is 0 Å². The van der Waals surface area contributed by atoms with E-state index in [0.29, 0.717) is 5.11 Å². The quantitative estimate of drug-likeness (QED) is 0.394. The number of rotatable bonds is 4. The normalized spacial score (nSPS) is 11.4. The summed E-state index contributed by atoms with van der Waals surface area (Å²) in [6.07, 6.45) is 1.75. The first-order chi connectivity index (χ1) is 10.4. The molecule has 0 amide bonds. The minimum absolute atomic E-state index is 0.463. The third-order valence-electron chi connectivity index (χ3n) is 3.08. The average Bonchev–Trinajstić information content (AvgIpc) is 2.48. The molecule has 0 spiro atoms. The Morgan fingerprint density at radius 3 is 2.23 bits per heavy atom. The summed E-state index contributed by atoms with van der Waals surface area (Å²) in [6, 6.07) is 18.0. The van der Waals surface area contributed by atoms with Crippen LogP contribution in [0.1, 0.15) is 5.56 Å². The van der Waals surface area contributed by atoms with Crippen LogP contribution in [0.2, 0.25) is 0 Å². The second-order valence-corrected chi connectivity index (χ2v) is 6.20. The molecule has 0 atom stereocenters. The number of hydrogen-bond acceptors (Lipinski definition) is 2. The first-order valence-corrected chi connectivity index (χ1v) is 7.43. The second kappa shape index (κ2) is 7.15. The molecule has 2 rings (SSSR count). The lowest BCUT2D eigenvalue weighted by Gasteiger charge is -2.23. The Morgan fingerprint density at radius 2 is 1.64 bits per heavy atom. The molecule has 0 aromatic heterocycles. The van der Waals surface area contributed by atoms with Gasteiger partial charge < -0.3 is 5.32 Å². The maximum atomic E-state index is 5.18. The molecule has 0 aliphatic carbocycles. The monoisotopic (exact) mass is 313 g/mol. The van der Waals surface area contributed by atoms with Crippen LogP contribution in [0.5, 0.6) is 0 Å². The van der Waals surface area contributed by atoms with Gasteiger partial charge >= 0.3 is 0 Å². The molecule has 0 saturated heterocycles. The lowest BCUT2D eigenvalue weighted by Crippen LogP contribution is -2.34. The first-order valence-electron chi connectivity index (χ1n) is 7.02.